The lowest BCUT2D eigenvalue weighted by Gasteiger charge is -2.46. The first-order valence-electron chi connectivity index (χ1n) is 34.1. The first kappa shape index (κ1) is 75.6. The van der Waals surface area contributed by atoms with E-state index in [4.69, 9.17) is 18.9 Å². The molecular formula is C67H127NO13. The SMILES string of the molecule is CCCCCC/C=C\C/C=C\CCCCCCCC(=O)NC(COC1OC(CO)C(OC2OC(CO)C(O)C(O)C2O)C(O)C1O)C(O)CCCCCCCCCCCCCCCCCCCCCCCCCCCCCCCCC. The second kappa shape index (κ2) is 52.8. The van der Waals surface area contributed by atoms with Crippen molar-refractivity contribution in [1.29, 1.82) is 0 Å². The Morgan fingerprint density at radius 2 is 0.815 bits per heavy atom. The molecule has 0 bridgehead atoms. The van der Waals surface area contributed by atoms with Crippen LogP contribution in [0.3, 0.4) is 0 Å². The summed E-state index contributed by atoms with van der Waals surface area (Å²) in [6, 6.07) is -0.836. The van der Waals surface area contributed by atoms with Crippen LogP contribution in [0.5, 0.6) is 0 Å². The van der Waals surface area contributed by atoms with Crippen LogP contribution in [0.1, 0.15) is 303 Å². The van der Waals surface area contributed by atoms with Crippen LogP contribution in [0.15, 0.2) is 24.3 Å². The van der Waals surface area contributed by atoms with Gasteiger partial charge in [0.25, 0.3) is 0 Å². The molecule has 0 aromatic heterocycles. The van der Waals surface area contributed by atoms with Crippen molar-refractivity contribution in [3.8, 4) is 0 Å². The third-order valence-electron chi connectivity index (χ3n) is 16.9. The van der Waals surface area contributed by atoms with Crippen LogP contribution in [0.2, 0.25) is 0 Å². The topological polar surface area (TPSA) is 228 Å². The van der Waals surface area contributed by atoms with Crippen molar-refractivity contribution < 1.29 is 64.6 Å². The number of unbranched alkanes of at least 4 members (excludes halogenated alkanes) is 39. The van der Waals surface area contributed by atoms with Crippen LogP contribution >= 0.6 is 0 Å². The number of carbonyl (C=O) groups is 1. The van der Waals surface area contributed by atoms with Crippen LogP contribution in [-0.4, -0.2) is 140 Å². The maximum atomic E-state index is 13.3. The van der Waals surface area contributed by atoms with E-state index in [1.165, 1.54) is 199 Å². The number of ether oxygens (including phenoxy) is 4. The molecule has 2 saturated heterocycles. The Balaban J connectivity index is 1.65. The van der Waals surface area contributed by atoms with Gasteiger partial charge in [0.2, 0.25) is 5.91 Å². The minimum atomic E-state index is -1.78. The highest BCUT2D eigenvalue weighted by molar-refractivity contribution is 5.76. The average molecular weight is 1150 g/mol. The van der Waals surface area contributed by atoms with Crippen LogP contribution in [0, 0.1) is 0 Å². The molecule has 2 aliphatic rings. The first-order chi connectivity index (χ1) is 39.6. The molecule has 478 valence electrons. The number of nitrogens with one attached hydrogen (secondary N) is 1. The van der Waals surface area contributed by atoms with E-state index in [0.29, 0.717) is 19.3 Å². The predicted octanol–water partition coefficient (Wildman–Crippen LogP) is 13.2. The van der Waals surface area contributed by atoms with Crippen molar-refractivity contribution in [2.45, 2.75) is 376 Å². The number of hydrogen-bond acceptors (Lipinski definition) is 13. The van der Waals surface area contributed by atoms with E-state index < -0.39 is 86.8 Å². The molecule has 0 saturated carbocycles. The van der Waals surface area contributed by atoms with Gasteiger partial charge >= 0.3 is 0 Å². The van der Waals surface area contributed by atoms with Crippen molar-refractivity contribution >= 4 is 5.91 Å². The van der Waals surface area contributed by atoms with Gasteiger partial charge in [-0.15, -0.1) is 0 Å². The van der Waals surface area contributed by atoms with Gasteiger partial charge < -0.3 is 65.1 Å². The molecule has 0 spiro atoms. The zero-order valence-electron chi connectivity index (χ0n) is 51.8. The Labute approximate surface area is 494 Å². The summed E-state index contributed by atoms with van der Waals surface area (Å²) in [5, 5.41) is 87.4. The minimum absolute atomic E-state index is 0.216. The van der Waals surface area contributed by atoms with Crippen LogP contribution in [-0.2, 0) is 23.7 Å². The number of aliphatic hydroxyl groups is 8. The fourth-order valence-electron chi connectivity index (χ4n) is 11.4. The Kier molecular flexibility index (Phi) is 49.2. The Bertz CT molecular complexity index is 1450. The molecular weight excluding hydrogens is 1030 g/mol. The normalized spacial score (nSPS) is 24.2. The predicted molar refractivity (Wildman–Crippen MR) is 328 cm³/mol. The smallest absolute Gasteiger partial charge is 0.220 e. The molecule has 2 fully saturated rings. The second-order valence-corrected chi connectivity index (χ2v) is 24.3. The third-order valence-corrected chi connectivity index (χ3v) is 16.9. The first-order valence-corrected chi connectivity index (χ1v) is 34.1. The van der Waals surface area contributed by atoms with Crippen molar-refractivity contribution in [1.82, 2.24) is 5.32 Å². The van der Waals surface area contributed by atoms with Gasteiger partial charge in [-0.3, -0.25) is 4.79 Å². The summed E-state index contributed by atoms with van der Waals surface area (Å²) in [4.78, 5) is 13.3. The maximum absolute atomic E-state index is 13.3. The summed E-state index contributed by atoms with van der Waals surface area (Å²) >= 11 is 0. The van der Waals surface area contributed by atoms with Crippen molar-refractivity contribution in [2.75, 3.05) is 19.8 Å². The highest BCUT2D eigenvalue weighted by Gasteiger charge is 2.51. The highest BCUT2D eigenvalue weighted by Crippen LogP contribution is 2.30. The second-order valence-electron chi connectivity index (χ2n) is 24.3. The molecule has 14 nitrogen and oxygen atoms in total. The monoisotopic (exact) mass is 1150 g/mol. The molecule has 2 aliphatic heterocycles. The van der Waals surface area contributed by atoms with Gasteiger partial charge in [0, 0.05) is 6.42 Å². The maximum Gasteiger partial charge on any atom is 0.220 e. The largest absolute Gasteiger partial charge is 0.394 e. The molecule has 9 N–H and O–H groups in total. The molecule has 14 heteroatoms. The van der Waals surface area contributed by atoms with E-state index in [0.717, 1.165) is 70.6 Å². The summed E-state index contributed by atoms with van der Waals surface area (Å²) in [5.74, 6) is -0.216. The van der Waals surface area contributed by atoms with Crippen LogP contribution in [0.4, 0.5) is 0 Å². The minimum Gasteiger partial charge on any atom is -0.394 e. The zero-order chi connectivity index (χ0) is 58.8. The van der Waals surface area contributed by atoms with Crippen molar-refractivity contribution in [3.63, 3.8) is 0 Å². The van der Waals surface area contributed by atoms with Crippen LogP contribution in [0.25, 0.3) is 0 Å². The summed E-state index contributed by atoms with van der Waals surface area (Å²) < 4.78 is 22.9. The molecule has 0 radical (unpaired) electrons. The lowest BCUT2D eigenvalue weighted by atomic mass is 9.97. The molecule has 0 aromatic rings. The van der Waals surface area contributed by atoms with E-state index in [-0.39, 0.29) is 12.5 Å². The summed E-state index contributed by atoms with van der Waals surface area (Å²) in [7, 11) is 0. The third kappa shape index (κ3) is 37.6. The average Bonchev–Trinajstić information content (AvgIpc) is 3.62. The number of allylic oxidation sites excluding steroid dienone is 4. The molecule has 1 amide bonds. The van der Waals surface area contributed by atoms with Crippen molar-refractivity contribution in [2.24, 2.45) is 0 Å². The van der Waals surface area contributed by atoms with E-state index in [9.17, 15) is 45.6 Å². The lowest BCUT2D eigenvalue weighted by molar-refractivity contribution is -0.359. The van der Waals surface area contributed by atoms with Gasteiger partial charge in [0.15, 0.2) is 12.6 Å². The number of aliphatic hydroxyl groups excluding tert-OH is 8. The molecule has 2 rings (SSSR count). The van der Waals surface area contributed by atoms with E-state index in [1.807, 2.05) is 0 Å². The zero-order valence-corrected chi connectivity index (χ0v) is 51.8. The lowest BCUT2D eigenvalue weighted by Crippen LogP contribution is -2.65. The number of hydrogen-bond donors (Lipinski definition) is 9. The number of rotatable bonds is 56. The van der Waals surface area contributed by atoms with E-state index in [2.05, 4.69) is 43.5 Å². The number of carbonyl (C=O) groups excluding carboxylic acids is 1. The fraction of sp³-hybridized carbons (Fsp3) is 0.925. The quantitative estimate of drug-likeness (QED) is 0.0204. The molecule has 2 heterocycles. The summed E-state index contributed by atoms with van der Waals surface area (Å²) in [6.45, 7) is 2.87. The van der Waals surface area contributed by atoms with E-state index in [1.54, 1.807) is 0 Å². The van der Waals surface area contributed by atoms with Crippen molar-refractivity contribution in [3.05, 3.63) is 24.3 Å². The van der Waals surface area contributed by atoms with Gasteiger partial charge in [0.1, 0.15) is 48.8 Å². The van der Waals surface area contributed by atoms with Gasteiger partial charge in [-0.2, -0.15) is 0 Å². The highest BCUT2D eigenvalue weighted by atomic mass is 16.7. The fourth-order valence-corrected chi connectivity index (χ4v) is 11.4. The Morgan fingerprint density at radius 3 is 1.25 bits per heavy atom. The summed E-state index contributed by atoms with van der Waals surface area (Å²) in [6.07, 6.45) is 47.7. The molecule has 81 heavy (non-hydrogen) atoms. The van der Waals surface area contributed by atoms with Gasteiger partial charge in [-0.05, 0) is 44.9 Å². The molecule has 0 aromatic carbocycles. The molecule has 0 aliphatic carbocycles. The molecule has 12 unspecified atom stereocenters. The van der Waals surface area contributed by atoms with Gasteiger partial charge in [0.05, 0.1) is 32.0 Å². The van der Waals surface area contributed by atoms with Crippen LogP contribution < -0.4 is 5.32 Å². The van der Waals surface area contributed by atoms with Gasteiger partial charge in [-0.25, -0.2) is 0 Å². The Morgan fingerprint density at radius 1 is 0.444 bits per heavy atom. The van der Waals surface area contributed by atoms with Gasteiger partial charge in [-0.1, -0.05) is 276 Å². The number of amides is 1. The summed E-state index contributed by atoms with van der Waals surface area (Å²) in [5.41, 5.74) is 0. The Hall–Kier alpha value is -1.53. The standard InChI is InChI=1S/C67H127NO13/c1-3-5-7-9-11-13-15-17-19-21-22-23-24-25-26-27-28-29-30-31-32-33-34-35-36-38-40-42-44-46-48-50-56(71)55(68-59(72)51-49-47-45-43-41-39-37-20-18-16-14-12-10-8-6-4-2)54-78-66-64(77)62(75)65(58(53-70)80-66)81-67-63(76)61(74)60(73)57(52-69)79-67/h14,16,20,37,55-58,60-67,69-71,73-77H,3-13,15,17-19,21-36,38-54H2,1-2H3,(H,68,72)/b16-14-,37-20-. The van der Waals surface area contributed by atoms with E-state index >= 15 is 0 Å². The molecule has 12 atom stereocenters.